The average Bonchev–Trinajstić information content (AvgIpc) is 2.96. The summed E-state index contributed by atoms with van der Waals surface area (Å²) in [6, 6.07) is 22.0. The van der Waals surface area contributed by atoms with Gasteiger partial charge < -0.3 is 14.7 Å². The van der Waals surface area contributed by atoms with Gasteiger partial charge in [-0.25, -0.2) is 13.2 Å². The molecule has 9 heteroatoms. The molecule has 1 amide bonds. The topological polar surface area (TPSA) is 104 Å². The molecule has 5 rings (SSSR count). The Morgan fingerprint density at radius 3 is 2.29 bits per heavy atom. The van der Waals surface area contributed by atoms with E-state index >= 15 is 0 Å². The van der Waals surface area contributed by atoms with Crippen molar-refractivity contribution >= 4 is 21.9 Å². The molecule has 0 radical (unpaired) electrons. The van der Waals surface area contributed by atoms with Crippen LogP contribution in [0.4, 0.5) is 0 Å². The number of benzene rings is 3. The number of likely N-dealkylation sites (tertiary alicyclic amines) is 1. The van der Waals surface area contributed by atoms with E-state index in [9.17, 15) is 18.0 Å². The molecule has 0 spiro atoms. The van der Waals surface area contributed by atoms with E-state index in [-0.39, 0.29) is 28.7 Å². The van der Waals surface area contributed by atoms with Crippen molar-refractivity contribution in [1.82, 2.24) is 9.21 Å². The molecule has 0 aromatic heterocycles. The fourth-order valence-corrected chi connectivity index (χ4v) is 6.68. The van der Waals surface area contributed by atoms with Crippen molar-refractivity contribution in [2.24, 2.45) is 0 Å². The second kappa shape index (κ2) is 11.0. The normalized spacial score (nSPS) is 16.6. The summed E-state index contributed by atoms with van der Waals surface area (Å²) in [4.78, 5) is 26.4. The Hall–Kier alpha value is -3.69. The lowest BCUT2D eigenvalue weighted by Gasteiger charge is -2.33. The van der Waals surface area contributed by atoms with Crippen LogP contribution in [-0.4, -0.2) is 60.8 Å². The molecule has 0 saturated carbocycles. The summed E-state index contributed by atoms with van der Waals surface area (Å²) in [7, 11) is -3.89. The number of ether oxygens (including phenoxy) is 1. The molecule has 3 aromatic carbocycles. The standard InChI is InChI=1S/C29H30N2O6S/c32-28(33)20-37-27-11-10-25(38(35,36)31-17-14-22-8-4-5-9-24(22)19-31)18-26(27)29(34)30-15-12-23(13-16-30)21-6-2-1-3-7-21/h1-11,18,23H,12-17,19-20H2,(H,32,33). The summed E-state index contributed by atoms with van der Waals surface area (Å²) in [5.41, 5.74) is 3.39. The summed E-state index contributed by atoms with van der Waals surface area (Å²) in [6.07, 6.45) is 2.18. The van der Waals surface area contributed by atoms with E-state index in [1.807, 2.05) is 42.5 Å². The van der Waals surface area contributed by atoms with Gasteiger partial charge in [-0.1, -0.05) is 54.6 Å². The van der Waals surface area contributed by atoms with Crippen molar-refractivity contribution in [2.45, 2.75) is 36.6 Å². The minimum Gasteiger partial charge on any atom is -0.481 e. The number of rotatable bonds is 7. The molecule has 1 N–H and O–H groups in total. The molecule has 2 aliphatic rings. The number of sulfonamides is 1. The first-order valence-corrected chi connectivity index (χ1v) is 14.2. The highest BCUT2D eigenvalue weighted by Crippen LogP contribution is 2.32. The van der Waals surface area contributed by atoms with Gasteiger partial charge in [-0.2, -0.15) is 4.31 Å². The van der Waals surface area contributed by atoms with Crippen LogP contribution in [0, 0.1) is 0 Å². The number of hydrogen-bond donors (Lipinski definition) is 1. The second-order valence-electron chi connectivity index (χ2n) is 9.67. The fraction of sp³-hybridized carbons (Fsp3) is 0.310. The van der Waals surface area contributed by atoms with Gasteiger partial charge in [0.1, 0.15) is 5.75 Å². The summed E-state index contributed by atoms with van der Waals surface area (Å²) in [5.74, 6) is -1.14. The number of carboxylic acid groups (broad SMARTS) is 1. The maximum atomic E-state index is 13.6. The van der Waals surface area contributed by atoms with E-state index in [4.69, 9.17) is 9.84 Å². The van der Waals surface area contributed by atoms with E-state index in [0.29, 0.717) is 32.0 Å². The molecule has 0 aliphatic carbocycles. The predicted molar refractivity (Wildman–Crippen MR) is 142 cm³/mol. The molecular formula is C29H30N2O6S. The van der Waals surface area contributed by atoms with Gasteiger partial charge in [-0.15, -0.1) is 0 Å². The van der Waals surface area contributed by atoms with Gasteiger partial charge in [-0.3, -0.25) is 4.79 Å². The van der Waals surface area contributed by atoms with Crippen molar-refractivity contribution in [2.75, 3.05) is 26.2 Å². The van der Waals surface area contributed by atoms with E-state index in [1.54, 1.807) is 4.90 Å². The van der Waals surface area contributed by atoms with Crippen LogP contribution in [0.25, 0.3) is 0 Å². The van der Waals surface area contributed by atoms with E-state index in [0.717, 1.165) is 24.0 Å². The van der Waals surface area contributed by atoms with Crippen LogP contribution in [0.2, 0.25) is 0 Å². The van der Waals surface area contributed by atoms with Gasteiger partial charge in [0, 0.05) is 26.2 Å². The zero-order chi connectivity index (χ0) is 26.7. The van der Waals surface area contributed by atoms with Crippen LogP contribution in [0.3, 0.4) is 0 Å². The number of fused-ring (bicyclic) bond motifs is 1. The Labute approximate surface area is 222 Å². The van der Waals surface area contributed by atoms with Crippen LogP contribution >= 0.6 is 0 Å². The molecule has 0 bridgehead atoms. The lowest BCUT2D eigenvalue weighted by Crippen LogP contribution is -2.38. The van der Waals surface area contributed by atoms with Crippen molar-refractivity contribution in [3.8, 4) is 5.75 Å². The smallest absolute Gasteiger partial charge is 0.341 e. The molecule has 2 heterocycles. The largest absolute Gasteiger partial charge is 0.481 e. The highest BCUT2D eigenvalue weighted by Gasteiger charge is 2.31. The first-order valence-electron chi connectivity index (χ1n) is 12.7. The third kappa shape index (κ3) is 5.44. The highest BCUT2D eigenvalue weighted by atomic mass is 32.2. The van der Waals surface area contributed by atoms with Crippen molar-refractivity contribution in [1.29, 1.82) is 0 Å². The number of carbonyl (C=O) groups excluding carboxylic acids is 1. The zero-order valence-corrected chi connectivity index (χ0v) is 21.8. The van der Waals surface area contributed by atoms with Crippen LogP contribution in [0.1, 0.15) is 45.8 Å². The number of carboxylic acids is 1. The molecule has 198 valence electrons. The predicted octanol–water partition coefficient (Wildman–Crippen LogP) is 3.92. The van der Waals surface area contributed by atoms with Gasteiger partial charge in [0.15, 0.2) is 6.61 Å². The Kier molecular flexibility index (Phi) is 7.49. The first kappa shape index (κ1) is 25.9. The van der Waals surface area contributed by atoms with E-state index in [2.05, 4.69) is 12.1 Å². The number of aliphatic carboxylic acids is 1. The highest BCUT2D eigenvalue weighted by molar-refractivity contribution is 7.89. The van der Waals surface area contributed by atoms with Crippen molar-refractivity contribution in [3.63, 3.8) is 0 Å². The number of carbonyl (C=O) groups is 2. The van der Waals surface area contributed by atoms with Gasteiger partial charge in [0.25, 0.3) is 5.91 Å². The SMILES string of the molecule is O=C(O)COc1ccc(S(=O)(=O)N2CCc3ccccc3C2)cc1C(=O)N1CCC(c2ccccc2)CC1. The van der Waals surface area contributed by atoms with Gasteiger partial charge >= 0.3 is 5.97 Å². The summed E-state index contributed by atoms with van der Waals surface area (Å²) >= 11 is 0. The quantitative estimate of drug-likeness (QED) is 0.493. The maximum absolute atomic E-state index is 13.6. The molecule has 3 aromatic rings. The Morgan fingerprint density at radius 1 is 0.895 bits per heavy atom. The molecule has 0 atom stereocenters. The summed E-state index contributed by atoms with van der Waals surface area (Å²) in [6.45, 7) is 0.984. The summed E-state index contributed by atoms with van der Waals surface area (Å²) in [5, 5.41) is 9.10. The fourth-order valence-electron chi connectivity index (χ4n) is 5.24. The first-order chi connectivity index (χ1) is 18.3. The lowest BCUT2D eigenvalue weighted by atomic mass is 9.89. The Bertz CT molecular complexity index is 1430. The monoisotopic (exact) mass is 534 g/mol. The van der Waals surface area contributed by atoms with E-state index in [1.165, 1.54) is 28.1 Å². The Morgan fingerprint density at radius 2 is 1.58 bits per heavy atom. The van der Waals surface area contributed by atoms with Gasteiger partial charge in [0.05, 0.1) is 10.5 Å². The minimum absolute atomic E-state index is 0.0120. The molecular weight excluding hydrogens is 504 g/mol. The number of amides is 1. The van der Waals surface area contributed by atoms with E-state index < -0.39 is 22.6 Å². The van der Waals surface area contributed by atoms with Crippen LogP contribution in [-0.2, 0) is 27.8 Å². The van der Waals surface area contributed by atoms with Crippen LogP contribution < -0.4 is 4.74 Å². The second-order valence-corrected chi connectivity index (χ2v) is 11.6. The molecule has 2 aliphatic heterocycles. The third-order valence-corrected chi connectivity index (χ3v) is 9.16. The maximum Gasteiger partial charge on any atom is 0.341 e. The molecule has 0 unspecified atom stereocenters. The summed E-state index contributed by atoms with van der Waals surface area (Å²) < 4.78 is 34.0. The van der Waals surface area contributed by atoms with Gasteiger partial charge in [0.2, 0.25) is 10.0 Å². The molecule has 1 saturated heterocycles. The number of nitrogens with zero attached hydrogens (tertiary/aromatic N) is 2. The van der Waals surface area contributed by atoms with Crippen LogP contribution in [0.5, 0.6) is 5.75 Å². The number of hydrogen-bond acceptors (Lipinski definition) is 5. The zero-order valence-electron chi connectivity index (χ0n) is 21.0. The number of piperidine rings is 1. The third-order valence-electron chi connectivity index (χ3n) is 7.32. The molecule has 1 fully saturated rings. The van der Waals surface area contributed by atoms with Crippen molar-refractivity contribution < 1.29 is 27.9 Å². The minimum atomic E-state index is -3.89. The van der Waals surface area contributed by atoms with Crippen molar-refractivity contribution in [3.05, 3.63) is 95.1 Å². The molecule has 38 heavy (non-hydrogen) atoms. The van der Waals surface area contributed by atoms with Crippen LogP contribution in [0.15, 0.2) is 77.7 Å². The average molecular weight is 535 g/mol. The Balaban J connectivity index is 1.39. The van der Waals surface area contributed by atoms with Gasteiger partial charge in [-0.05, 0) is 60.1 Å². The molecule has 8 nitrogen and oxygen atoms in total. The lowest BCUT2D eigenvalue weighted by molar-refractivity contribution is -0.139.